The molecule has 1 aromatic carbocycles. The maximum atomic E-state index is 13.7. The Balaban J connectivity index is 1.95. The van der Waals surface area contributed by atoms with E-state index in [0.717, 1.165) is 19.4 Å². The first-order valence-electron chi connectivity index (χ1n) is 7.49. The molecule has 1 aromatic rings. The van der Waals surface area contributed by atoms with E-state index in [-0.39, 0.29) is 24.1 Å². The molecule has 0 radical (unpaired) electrons. The Morgan fingerprint density at radius 1 is 1.45 bits per heavy atom. The highest BCUT2D eigenvalue weighted by molar-refractivity contribution is 5.80. The summed E-state index contributed by atoms with van der Waals surface area (Å²) in [5, 5.41) is 2.92. The van der Waals surface area contributed by atoms with Crippen molar-refractivity contribution >= 4 is 5.91 Å². The molecule has 0 unspecified atom stereocenters. The van der Waals surface area contributed by atoms with Gasteiger partial charge in [-0.1, -0.05) is 6.07 Å². The standard InChI is InChI=1S/C16H22F2N2O2/c1-11(22-2)16(21)19-12-5-4-8-20(9-12)10-13-14(17)6-3-7-15(13)18/h3,6-7,11-12H,4-5,8-10H2,1-2H3,(H,19,21)/t11-,12-/m0/s1. The molecule has 1 fully saturated rings. The van der Waals surface area contributed by atoms with Crippen LogP contribution in [-0.4, -0.2) is 43.2 Å². The van der Waals surface area contributed by atoms with E-state index < -0.39 is 17.7 Å². The summed E-state index contributed by atoms with van der Waals surface area (Å²) in [6.45, 7) is 3.24. The molecule has 122 valence electrons. The third-order valence-corrected chi connectivity index (χ3v) is 4.02. The van der Waals surface area contributed by atoms with Gasteiger partial charge in [-0.25, -0.2) is 8.78 Å². The van der Waals surface area contributed by atoms with E-state index in [1.54, 1.807) is 6.92 Å². The Hall–Kier alpha value is -1.53. The Labute approximate surface area is 129 Å². The van der Waals surface area contributed by atoms with Gasteiger partial charge in [-0.05, 0) is 38.4 Å². The Morgan fingerprint density at radius 3 is 2.77 bits per heavy atom. The minimum Gasteiger partial charge on any atom is -0.372 e. The summed E-state index contributed by atoms with van der Waals surface area (Å²) in [5.74, 6) is -1.22. The average molecular weight is 312 g/mol. The topological polar surface area (TPSA) is 41.6 Å². The van der Waals surface area contributed by atoms with Gasteiger partial charge in [0.25, 0.3) is 0 Å². The zero-order chi connectivity index (χ0) is 16.1. The number of likely N-dealkylation sites (tertiary alicyclic amines) is 1. The van der Waals surface area contributed by atoms with Crippen LogP contribution in [0.15, 0.2) is 18.2 Å². The summed E-state index contributed by atoms with van der Waals surface area (Å²) in [7, 11) is 1.48. The van der Waals surface area contributed by atoms with Crippen LogP contribution in [0.4, 0.5) is 8.78 Å². The lowest BCUT2D eigenvalue weighted by Crippen LogP contribution is -2.49. The number of nitrogens with zero attached hydrogens (tertiary/aromatic N) is 1. The van der Waals surface area contributed by atoms with Crippen LogP contribution in [0, 0.1) is 11.6 Å². The lowest BCUT2D eigenvalue weighted by molar-refractivity contribution is -0.131. The minimum atomic E-state index is -0.529. The monoisotopic (exact) mass is 312 g/mol. The van der Waals surface area contributed by atoms with Gasteiger partial charge in [0.1, 0.15) is 17.7 Å². The van der Waals surface area contributed by atoms with E-state index in [4.69, 9.17) is 4.74 Å². The van der Waals surface area contributed by atoms with Crippen LogP contribution in [0.3, 0.4) is 0 Å². The zero-order valence-electron chi connectivity index (χ0n) is 12.9. The van der Waals surface area contributed by atoms with Crippen LogP contribution < -0.4 is 5.32 Å². The highest BCUT2D eigenvalue weighted by atomic mass is 19.1. The van der Waals surface area contributed by atoms with Crippen molar-refractivity contribution in [1.29, 1.82) is 0 Å². The molecular formula is C16H22F2N2O2. The average Bonchev–Trinajstić information content (AvgIpc) is 2.50. The van der Waals surface area contributed by atoms with Crippen molar-refractivity contribution in [2.24, 2.45) is 0 Å². The summed E-state index contributed by atoms with van der Waals surface area (Å²) >= 11 is 0. The van der Waals surface area contributed by atoms with Crippen LogP contribution in [0.25, 0.3) is 0 Å². The first kappa shape index (κ1) is 16.8. The van der Waals surface area contributed by atoms with Gasteiger partial charge in [0.2, 0.25) is 5.91 Å². The zero-order valence-corrected chi connectivity index (χ0v) is 12.9. The Morgan fingerprint density at radius 2 is 2.14 bits per heavy atom. The molecular weight excluding hydrogens is 290 g/mol. The van der Waals surface area contributed by atoms with E-state index in [1.165, 1.54) is 25.3 Å². The molecule has 0 aromatic heterocycles. The molecule has 1 heterocycles. The first-order valence-corrected chi connectivity index (χ1v) is 7.49. The normalized spacial score (nSPS) is 20.6. The van der Waals surface area contributed by atoms with Gasteiger partial charge < -0.3 is 10.1 Å². The van der Waals surface area contributed by atoms with E-state index >= 15 is 0 Å². The largest absolute Gasteiger partial charge is 0.372 e. The van der Waals surface area contributed by atoms with Crippen molar-refractivity contribution < 1.29 is 18.3 Å². The number of carbonyl (C=O) groups excluding carboxylic acids is 1. The van der Waals surface area contributed by atoms with Gasteiger partial charge in [-0.2, -0.15) is 0 Å². The number of hydrogen-bond donors (Lipinski definition) is 1. The molecule has 1 aliphatic heterocycles. The van der Waals surface area contributed by atoms with Crippen molar-refractivity contribution in [3.8, 4) is 0 Å². The number of nitrogens with one attached hydrogen (secondary N) is 1. The predicted octanol–water partition coefficient (Wildman–Crippen LogP) is 2.08. The molecule has 4 nitrogen and oxygen atoms in total. The summed E-state index contributed by atoms with van der Waals surface area (Å²) in [4.78, 5) is 13.8. The van der Waals surface area contributed by atoms with Crippen molar-refractivity contribution in [3.05, 3.63) is 35.4 Å². The summed E-state index contributed by atoms with van der Waals surface area (Å²) in [6, 6.07) is 3.87. The van der Waals surface area contributed by atoms with Gasteiger partial charge in [-0.15, -0.1) is 0 Å². The molecule has 2 atom stereocenters. The molecule has 6 heteroatoms. The van der Waals surface area contributed by atoms with Crippen LogP contribution in [-0.2, 0) is 16.1 Å². The first-order chi connectivity index (χ1) is 10.5. The molecule has 0 aliphatic carbocycles. The third kappa shape index (κ3) is 4.24. The molecule has 1 saturated heterocycles. The Bertz CT molecular complexity index is 505. The third-order valence-electron chi connectivity index (χ3n) is 4.02. The second-order valence-electron chi connectivity index (χ2n) is 5.66. The number of rotatable bonds is 5. The van der Waals surface area contributed by atoms with Gasteiger partial charge in [0.05, 0.1) is 0 Å². The smallest absolute Gasteiger partial charge is 0.249 e. The molecule has 2 rings (SSSR count). The highest BCUT2D eigenvalue weighted by Gasteiger charge is 2.24. The summed E-state index contributed by atoms with van der Waals surface area (Å²) < 4.78 is 32.4. The number of methoxy groups -OCH3 is 1. The van der Waals surface area contributed by atoms with Gasteiger partial charge in [0, 0.05) is 31.8 Å². The van der Waals surface area contributed by atoms with E-state index in [0.29, 0.717) is 6.54 Å². The molecule has 0 saturated carbocycles. The van der Waals surface area contributed by atoms with Crippen molar-refractivity contribution in [2.45, 2.75) is 38.5 Å². The molecule has 0 bridgehead atoms. The number of piperidine rings is 1. The van der Waals surface area contributed by atoms with E-state index in [1.807, 2.05) is 4.90 Å². The quantitative estimate of drug-likeness (QED) is 0.905. The summed E-state index contributed by atoms with van der Waals surface area (Å²) in [5.41, 5.74) is 0.0831. The van der Waals surface area contributed by atoms with Gasteiger partial charge in [0.15, 0.2) is 0 Å². The SMILES string of the molecule is CO[C@@H](C)C(=O)N[C@H]1CCCN(Cc2c(F)cccc2F)C1. The highest BCUT2D eigenvalue weighted by Crippen LogP contribution is 2.18. The maximum Gasteiger partial charge on any atom is 0.249 e. The van der Waals surface area contributed by atoms with Gasteiger partial charge >= 0.3 is 0 Å². The lowest BCUT2D eigenvalue weighted by atomic mass is 10.0. The van der Waals surface area contributed by atoms with Crippen molar-refractivity contribution in [1.82, 2.24) is 10.2 Å². The van der Waals surface area contributed by atoms with Crippen LogP contribution in [0.2, 0.25) is 0 Å². The summed E-state index contributed by atoms with van der Waals surface area (Å²) in [6.07, 6.45) is 1.24. The van der Waals surface area contributed by atoms with Crippen molar-refractivity contribution in [3.63, 3.8) is 0 Å². The number of hydrogen-bond acceptors (Lipinski definition) is 3. The maximum absolute atomic E-state index is 13.7. The fourth-order valence-electron chi connectivity index (χ4n) is 2.65. The number of benzene rings is 1. The lowest BCUT2D eigenvalue weighted by Gasteiger charge is -2.33. The fraction of sp³-hybridized carbons (Fsp3) is 0.562. The minimum absolute atomic E-state index is 0.0197. The van der Waals surface area contributed by atoms with Crippen LogP contribution >= 0.6 is 0 Å². The van der Waals surface area contributed by atoms with Crippen LogP contribution in [0.5, 0.6) is 0 Å². The van der Waals surface area contributed by atoms with E-state index in [2.05, 4.69) is 5.32 Å². The Kier molecular flexibility index (Phi) is 5.85. The number of amides is 1. The second-order valence-corrected chi connectivity index (χ2v) is 5.66. The molecule has 22 heavy (non-hydrogen) atoms. The number of carbonyl (C=O) groups is 1. The molecule has 1 aliphatic rings. The van der Waals surface area contributed by atoms with Crippen molar-refractivity contribution in [2.75, 3.05) is 20.2 Å². The second kappa shape index (κ2) is 7.65. The molecule has 1 amide bonds. The predicted molar refractivity (Wildman–Crippen MR) is 79.3 cm³/mol. The van der Waals surface area contributed by atoms with E-state index in [9.17, 15) is 13.6 Å². The van der Waals surface area contributed by atoms with Crippen LogP contribution in [0.1, 0.15) is 25.3 Å². The number of ether oxygens (including phenoxy) is 1. The fourth-order valence-corrected chi connectivity index (χ4v) is 2.65. The number of halogens is 2. The molecule has 1 N–H and O–H groups in total. The van der Waals surface area contributed by atoms with Gasteiger partial charge in [-0.3, -0.25) is 9.69 Å². The molecule has 0 spiro atoms.